The summed E-state index contributed by atoms with van der Waals surface area (Å²) in [5, 5.41) is 10.3. The minimum Gasteiger partial charge on any atom is -0.544 e. The average Bonchev–Trinajstić information content (AvgIpc) is 1.90. The monoisotopic (exact) mass is 145 g/mol. The number of carbonyl (C=O) groups is 1. The Bertz CT molecular complexity index is 110. The molecule has 0 aliphatic rings. The van der Waals surface area contributed by atoms with Crippen molar-refractivity contribution in [1.82, 2.24) is 0 Å². The van der Waals surface area contributed by atoms with Gasteiger partial charge in [0.15, 0.2) is 0 Å². The molecule has 0 fully saturated rings. The number of carboxylic acids is 1. The molecule has 3 N–H and O–H groups in total. The lowest BCUT2D eigenvalue weighted by molar-refractivity contribution is -0.448. The lowest BCUT2D eigenvalue weighted by Gasteiger charge is -2.17. The van der Waals surface area contributed by atoms with Crippen molar-refractivity contribution < 1.29 is 15.6 Å². The van der Waals surface area contributed by atoms with E-state index in [9.17, 15) is 9.90 Å². The molecule has 0 radical (unpaired) electrons. The number of carboxylic acid groups (broad SMARTS) is 1. The first kappa shape index (κ1) is 9.43. The van der Waals surface area contributed by atoms with E-state index in [0.717, 1.165) is 12.8 Å². The van der Waals surface area contributed by atoms with Gasteiger partial charge < -0.3 is 15.6 Å². The highest BCUT2D eigenvalue weighted by Gasteiger charge is 2.17. The maximum absolute atomic E-state index is 10.3. The molecule has 0 bridgehead atoms. The fraction of sp³-hybridized carbons (Fsp3) is 0.857. The molecule has 0 unspecified atom stereocenters. The van der Waals surface area contributed by atoms with Crippen molar-refractivity contribution in [3.05, 3.63) is 0 Å². The van der Waals surface area contributed by atoms with E-state index in [1.807, 2.05) is 13.8 Å². The molecule has 1 atom stereocenters. The highest BCUT2D eigenvalue weighted by atomic mass is 16.4. The van der Waals surface area contributed by atoms with Gasteiger partial charge >= 0.3 is 0 Å². The summed E-state index contributed by atoms with van der Waals surface area (Å²) in [5.41, 5.74) is 3.52. The summed E-state index contributed by atoms with van der Waals surface area (Å²) in [4.78, 5) is 10.3. The van der Waals surface area contributed by atoms with Crippen LogP contribution in [0.1, 0.15) is 26.7 Å². The topological polar surface area (TPSA) is 67.8 Å². The van der Waals surface area contributed by atoms with E-state index in [-0.39, 0.29) is 5.92 Å². The number of hydrogen-bond acceptors (Lipinski definition) is 2. The molecule has 0 aromatic carbocycles. The number of carbonyl (C=O) groups excluding carboxylic acids is 1. The molecule has 0 saturated carbocycles. The molecular formula is C7H15NO2. The van der Waals surface area contributed by atoms with Crippen LogP contribution in [0.25, 0.3) is 0 Å². The van der Waals surface area contributed by atoms with Crippen LogP contribution in [0, 0.1) is 5.92 Å². The van der Waals surface area contributed by atoms with Crippen LogP contribution in [0.2, 0.25) is 0 Å². The van der Waals surface area contributed by atoms with E-state index >= 15 is 0 Å². The Hall–Kier alpha value is -0.570. The second-order valence-corrected chi connectivity index (χ2v) is 2.50. The van der Waals surface area contributed by atoms with Crippen molar-refractivity contribution in [2.75, 3.05) is 0 Å². The van der Waals surface area contributed by atoms with Crippen molar-refractivity contribution >= 4 is 5.97 Å². The van der Waals surface area contributed by atoms with Crippen molar-refractivity contribution in [3.8, 4) is 0 Å². The summed E-state index contributed by atoms with van der Waals surface area (Å²) in [5.74, 6) is -0.862. The van der Waals surface area contributed by atoms with Crippen molar-refractivity contribution in [1.29, 1.82) is 0 Å². The summed E-state index contributed by atoms with van der Waals surface area (Å²) in [6.07, 6.45) is 1.72. The van der Waals surface area contributed by atoms with Crippen LogP contribution in [0.4, 0.5) is 0 Å². The lowest BCUT2D eigenvalue weighted by Crippen LogP contribution is -2.71. The van der Waals surface area contributed by atoms with Gasteiger partial charge in [0.25, 0.3) is 0 Å². The standard InChI is InChI=1S/C7H15NO2/c1-3-5(4-2)6(8)7(9)10/h5-6H,3-4,8H2,1-2H3,(H,9,10)/t6-/m1/s1. The van der Waals surface area contributed by atoms with Crippen LogP contribution < -0.4 is 10.8 Å². The summed E-state index contributed by atoms with van der Waals surface area (Å²) in [6, 6.07) is -0.546. The van der Waals surface area contributed by atoms with Crippen LogP contribution >= 0.6 is 0 Å². The third-order valence-electron chi connectivity index (χ3n) is 1.92. The molecule has 10 heavy (non-hydrogen) atoms. The Morgan fingerprint density at radius 3 is 2.00 bits per heavy atom. The number of rotatable bonds is 4. The van der Waals surface area contributed by atoms with Gasteiger partial charge in [0, 0.05) is 5.92 Å². The zero-order valence-corrected chi connectivity index (χ0v) is 6.59. The van der Waals surface area contributed by atoms with E-state index in [0.29, 0.717) is 0 Å². The summed E-state index contributed by atoms with van der Waals surface area (Å²) >= 11 is 0. The molecule has 0 rings (SSSR count). The largest absolute Gasteiger partial charge is 0.544 e. The average molecular weight is 145 g/mol. The Morgan fingerprint density at radius 1 is 1.50 bits per heavy atom. The van der Waals surface area contributed by atoms with Gasteiger partial charge in [-0.05, 0) is 12.8 Å². The van der Waals surface area contributed by atoms with E-state index < -0.39 is 12.0 Å². The lowest BCUT2D eigenvalue weighted by atomic mass is 9.95. The molecule has 0 saturated heterocycles. The van der Waals surface area contributed by atoms with Gasteiger partial charge in [-0.15, -0.1) is 0 Å². The molecule has 0 spiro atoms. The SMILES string of the molecule is CCC(CC)[C@@H]([NH3+])C(=O)[O-]. The Labute approximate surface area is 61.2 Å². The van der Waals surface area contributed by atoms with Crippen molar-refractivity contribution in [3.63, 3.8) is 0 Å². The van der Waals surface area contributed by atoms with Gasteiger partial charge in [-0.25, -0.2) is 0 Å². The van der Waals surface area contributed by atoms with Crippen LogP contribution in [-0.4, -0.2) is 12.0 Å². The molecule has 0 amide bonds. The molecule has 60 valence electrons. The van der Waals surface area contributed by atoms with E-state index in [1.54, 1.807) is 0 Å². The van der Waals surface area contributed by atoms with Gasteiger partial charge in [-0.1, -0.05) is 13.8 Å². The van der Waals surface area contributed by atoms with Crippen molar-refractivity contribution in [2.24, 2.45) is 5.92 Å². The van der Waals surface area contributed by atoms with Gasteiger partial charge in [0.05, 0.1) is 5.97 Å². The van der Waals surface area contributed by atoms with Gasteiger partial charge in [0.1, 0.15) is 6.04 Å². The first-order valence-corrected chi connectivity index (χ1v) is 3.67. The van der Waals surface area contributed by atoms with Crippen LogP contribution in [-0.2, 0) is 4.79 Å². The quantitative estimate of drug-likeness (QED) is 0.539. The predicted octanol–water partition coefficient (Wildman–Crippen LogP) is -1.22. The first-order chi connectivity index (χ1) is 4.63. The van der Waals surface area contributed by atoms with Crippen LogP contribution in [0.15, 0.2) is 0 Å². The third-order valence-corrected chi connectivity index (χ3v) is 1.92. The summed E-state index contributed by atoms with van der Waals surface area (Å²) in [6.45, 7) is 3.94. The first-order valence-electron chi connectivity index (χ1n) is 3.67. The minimum absolute atomic E-state index is 0.171. The summed E-state index contributed by atoms with van der Waals surface area (Å²) in [7, 11) is 0. The van der Waals surface area contributed by atoms with Crippen LogP contribution in [0.3, 0.4) is 0 Å². The van der Waals surface area contributed by atoms with Gasteiger partial charge in [-0.2, -0.15) is 0 Å². The van der Waals surface area contributed by atoms with E-state index in [4.69, 9.17) is 0 Å². The Kier molecular flexibility index (Phi) is 4.03. The van der Waals surface area contributed by atoms with E-state index in [2.05, 4.69) is 5.73 Å². The zero-order valence-electron chi connectivity index (χ0n) is 6.59. The second kappa shape index (κ2) is 4.28. The van der Waals surface area contributed by atoms with E-state index in [1.165, 1.54) is 0 Å². The molecule has 0 aromatic rings. The fourth-order valence-electron chi connectivity index (χ4n) is 1.05. The van der Waals surface area contributed by atoms with Gasteiger partial charge in [0.2, 0.25) is 0 Å². The number of hydrogen-bond donors (Lipinski definition) is 1. The number of aliphatic carboxylic acids is 1. The normalized spacial score (nSPS) is 13.6. The predicted molar refractivity (Wildman–Crippen MR) is 35.8 cm³/mol. The molecule has 0 aromatic heterocycles. The molecule has 0 aliphatic carbocycles. The van der Waals surface area contributed by atoms with Crippen molar-refractivity contribution in [2.45, 2.75) is 32.7 Å². The third kappa shape index (κ3) is 2.35. The van der Waals surface area contributed by atoms with Gasteiger partial charge in [-0.3, -0.25) is 0 Å². The summed E-state index contributed by atoms with van der Waals surface area (Å²) < 4.78 is 0. The molecule has 0 aliphatic heterocycles. The minimum atomic E-state index is -1.03. The van der Waals surface area contributed by atoms with Crippen LogP contribution in [0.5, 0.6) is 0 Å². The Morgan fingerprint density at radius 2 is 1.90 bits per heavy atom. The fourth-order valence-corrected chi connectivity index (χ4v) is 1.05. The smallest absolute Gasteiger partial charge is 0.127 e. The molecule has 3 heteroatoms. The Balaban J connectivity index is 3.88. The molecular weight excluding hydrogens is 130 g/mol. The maximum atomic E-state index is 10.3. The zero-order chi connectivity index (χ0) is 8.15. The highest BCUT2D eigenvalue weighted by Crippen LogP contribution is 2.08. The number of quaternary nitrogens is 1. The molecule has 3 nitrogen and oxygen atoms in total. The highest BCUT2D eigenvalue weighted by molar-refractivity contribution is 5.69. The molecule has 0 heterocycles. The second-order valence-electron chi connectivity index (χ2n) is 2.50. The maximum Gasteiger partial charge on any atom is 0.127 e.